The molecule has 1 aromatic heterocycles. The van der Waals surface area contributed by atoms with E-state index < -0.39 is 0 Å². The number of benzene rings is 1. The number of aromatic nitrogens is 2. The summed E-state index contributed by atoms with van der Waals surface area (Å²) in [4.78, 5) is 12.2. The maximum absolute atomic E-state index is 12.2. The van der Waals surface area contributed by atoms with Crippen LogP contribution in [0.15, 0.2) is 34.7 Å². The fourth-order valence-corrected chi connectivity index (χ4v) is 4.21. The summed E-state index contributed by atoms with van der Waals surface area (Å²) in [6.45, 7) is 6.25. The Kier molecular flexibility index (Phi) is 7.39. The molecule has 1 heterocycles. The predicted molar refractivity (Wildman–Crippen MR) is 101 cm³/mol. The first kappa shape index (κ1) is 18.3. The number of hydrogen-bond acceptors (Lipinski definition) is 6. The van der Waals surface area contributed by atoms with Crippen molar-refractivity contribution in [3.8, 4) is 0 Å². The van der Waals surface area contributed by atoms with Gasteiger partial charge in [0.25, 0.3) is 0 Å². The monoisotopic (exact) mass is 367 g/mol. The highest BCUT2D eigenvalue weighted by Crippen LogP contribution is 2.27. The van der Waals surface area contributed by atoms with E-state index in [1.165, 1.54) is 16.9 Å². The highest BCUT2D eigenvalue weighted by molar-refractivity contribution is 8.01. The second-order valence-corrected chi connectivity index (χ2v) is 9.08. The number of carbonyl (C=O) groups excluding carboxylic acids is 1. The molecule has 1 atom stereocenters. The first-order chi connectivity index (χ1) is 11.0. The molecule has 4 nitrogen and oxygen atoms in total. The lowest BCUT2D eigenvalue weighted by Crippen LogP contribution is -2.22. The minimum absolute atomic E-state index is 0.0255. The molecular weight excluding hydrogens is 346 g/mol. The van der Waals surface area contributed by atoms with Gasteiger partial charge in [0, 0.05) is 11.5 Å². The molecule has 2 aromatic rings. The molecule has 0 aliphatic rings. The molecule has 0 saturated carbocycles. The van der Waals surface area contributed by atoms with Gasteiger partial charge >= 0.3 is 0 Å². The van der Waals surface area contributed by atoms with Crippen molar-refractivity contribution in [3.05, 3.63) is 35.9 Å². The van der Waals surface area contributed by atoms with Crippen molar-refractivity contribution in [2.75, 3.05) is 11.1 Å². The molecule has 23 heavy (non-hydrogen) atoms. The molecule has 1 aromatic carbocycles. The van der Waals surface area contributed by atoms with E-state index in [2.05, 4.69) is 41.5 Å². The third-order valence-electron chi connectivity index (χ3n) is 2.89. The quantitative estimate of drug-likeness (QED) is 0.548. The molecule has 124 valence electrons. The van der Waals surface area contributed by atoms with Gasteiger partial charge in [0.15, 0.2) is 4.34 Å². The molecule has 0 aliphatic heterocycles. The Balaban J connectivity index is 1.79. The summed E-state index contributed by atoms with van der Waals surface area (Å²) in [7, 11) is 0. The zero-order valence-corrected chi connectivity index (χ0v) is 15.9. The van der Waals surface area contributed by atoms with Gasteiger partial charge < -0.3 is 0 Å². The summed E-state index contributed by atoms with van der Waals surface area (Å²) >= 11 is 4.73. The maximum atomic E-state index is 12.2. The molecular formula is C16H21N3OS3. The van der Waals surface area contributed by atoms with E-state index in [4.69, 9.17) is 0 Å². The van der Waals surface area contributed by atoms with Gasteiger partial charge in [-0.05, 0) is 18.4 Å². The summed E-state index contributed by atoms with van der Waals surface area (Å²) in [5.41, 5.74) is 1.22. The third-order valence-corrected chi connectivity index (χ3v) is 6.50. The molecule has 1 amide bonds. The van der Waals surface area contributed by atoms with Crippen LogP contribution in [0.1, 0.15) is 26.3 Å². The van der Waals surface area contributed by atoms with Crippen molar-refractivity contribution in [1.29, 1.82) is 0 Å². The molecule has 0 bridgehead atoms. The van der Waals surface area contributed by atoms with Gasteiger partial charge in [-0.2, -0.15) is 0 Å². The molecule has 0 spiro atoms. The van der Waals surface area contributed by atoms with Crippen LogP contribution in [0.4, 0.5) is 5.13 Å². The van der Waals surface area contributed by atoms with Crippen molar-refractivity contribution in [1.82, 2.24) is 10.2 Å². The molecule has 2 rings (SSSR count). The van der Waals surface area contributed by atoms with Crippen molar-refractivity contribution in [3.63, 3.8) is 0 Å². The van der Waals surface area contributed by atoms with E-state index in [1.54, 1.807) is 23.5 Å². The number of rotatable bonds is 8. The summed E-state index contributed by atoms with van der Waals surface area (Å²) in [5.74, 6) is 2.41. The zero-order chi connectivity index (χ0) is 16.7. The van der Waals surface area contributed by atoms with Crippen LogP contribution in [-0.2, 0) is 10.5 Å². The average Bonchev–Trinajstić information content (AvgIpc) is 2.99. The number of carbonyl (C=O) groups is 1. The number of anilines is 1. The van der Waals surface area contributed by atoms with Gasteiger partial charge in [-0.1, -0.05) is 67.3 Å². The normalized spacial score (nSPS) is 12.3. The van der Waals surface area contributed by atoms with Crippen molar-refractivity contribution in [2.24, 2.45) is 5.92 Å². The molecule has 0 fully saturated rings. The fourth-order valence-electron chi connectivity index (χ4n) is 1.63. The standard InChI is InChI=1S/C16H21N3OS3/c1-11(2)9-22-16-19-18-15(23-16)17-14(20)12(3)21-10-13-7-5-4-6-8-13/h4-8,11-12H,9-10H2,1-3H3,(H,17,18,20). The van der Waals surface area contributed by atoms with Gasteiger partial charge in [0.2, 0.25) is 11.0 Å². The van der Waals surface area contributed by atoms with Crippen LogP contribution in [0, 0.1) is 5.92 Å². The number of nitrogens with zero attached hydrogens (tertiary/aromatic N) is 2. The van der Waals surface area contributed by atoms with Gasteiger partial charge in [-0.15, -0.1) is 22.0 Å². The molecule has 1 N–H and O–H groups in total. The zero-order valence-electron chi connectivity index (χ0n) is 13.5. The smallest absolute Gasteiger partial charge is 0.239 e. The van der Waals surface area contributed by atoms with Gasteiger partial charge in [0.05, 0.1) is 5.25 Å². The molecule has 0 saturated heterocycles. The Morgan fingerprint density at radius 3 is 2.65 bits per heavy atom. The minimum Gasteiger partial charge on any atom is -0.300 e. The third kappa shape index (κ3) is 6.53. The molecule has 0 radical (unpaired) electrons. The predicted octanol–water partition coefficient (Wildman–Crippen LogP) is 4.55. The van der Waals surface area contributed by atoms with Crippen LogP contribution in [0.25, 0.3) is 0 Å². The summed E-state index contributed by atoms with van der Waals surface area (Å²) in [5, 5.41) is 11.4. The van der Waals surface area contributed by atoms with Gasteiger partial charge in [-0.25, -0.2) is 0 Å². The van der Waals surface area contributed by atoms with Crippen LogP contribution in [-0.4, -0.2) is 27.1 Å². The van der Waals surface area contributed by atoms with E-state index in [1.807, 2.05) is 25.1 Å². The van der Waals surface area contributed by atoms with E-state index in [0.717, 1.165) is 15.8 Å². The Morgan fingerprint density at radius 1 is 1.22 bits per heavy atom. The molecule has 1 unspecified atom stereocenters. The van der Waals surface area contributed by atoms with Gasteiger partial charge in [0.1, 0.15) is 0 Å². The van der Waals surface area contributed by atoms with Crippen molar-refractivity contribution in [2.45, 2.75) is 36.1 Å². The van der Waals surface area contributed by atoms with Crippen LogP contribution in [0.2, 0.25) is 0 Å². The van der Waals surface area contributed by atoms with Crippen LogP contribution in [0.5, 0.6) is 0 Å². The average molecular weight is 368 g/mol. The summed E-state index contributed by atoms with van der Waals surface area (Å²) in [6, 6.07) is 10.2. The Bertz CT molecular complexity index is 616. The second-order valence-electron chi connectivity index (χ2n) is 5.51. The largest absolute Gasteiger partial charge is 0.300 e. The lowest BCUT2D eigenvalue weighted by Gasteiger charge is -2.10. The number of nitrogens with one attached hydrogen (secondary N) is 1. The first-order valence-electron chi connectivity index (χ1n) is 7.47. The van der Waals surface area contributed by atoms with E-state index in [0.29, 0.717) is 11.0 Å². The van der Waals surface area contributed by atoms with E-state index in [-0.39, 0.29) is 11.2 Å². The highest BCUT2D eigenvalue weighted by atomic mass is 32.2. The topological polar surface area (TPSA) is 54.9 Å². The Hall–Kier alpha value is -1.05. The molecule has 7 heteroatoms. The van der Waals surface area contributed by atoms with E-state index in [9.17, 15) is 4.79 Å². The number of thioether (sulfide) groups is 2. The van der Waals surface area contributed by atoms with Crippen molar-refractivity contribution < 1.29 is 4.79 Å². The minimum atomic E-state index is -0.133. The van der Waals surface area contributed by atoms with Crippen LogP contribution < -0.4 is 5.32 Å². The summed E-state index contributed by atoms with van der Waals surface area (Å²) < 4.78 is 0.901. The first-order valence-corrected chi connectivity index (χ1v) is 10.3. The Labute approximate surface area is 149 Å². The van der Waals surface area contributed by atoms with Crippen molar-refractivity contribution >= 4 is 45.9 Å². The lowest BCUT2D eigenvalue weighted by molar-refractivity contribution is -0.115. The SMILES string of the molecule is CC(C)CSc1nnc(NC(=O)C(C)SCc2ccccc2)s1. The maximum Gasteiger partial charge on any atom is 0.239 e. The summed E-state index contributed by atoms with van der Waals surface area (Å²) in [6.07, 6.45) is 0. The molecule has 0 aliphatic carbocycles. The van der Waals surface area contributed by atoms with Crippen LogP contribution >= 0.6 is 34.9 Å². The highest BCUT2D eigenvalue weighted by Gasteiger charge is 2.16. The van der Waals surface area contributed by atoms with E-state index >= 15 is 0 Å². The lowest BCUT2D eigenvalue weighted by atomic mass is 10.2. The fraction of sp³-hybridized carbons (Fsp3) is 0.438. The number of hydrogen-bond donors (Lipinski definition) is 1. The second kappa shape index (κ2) is 9.30. The number of amides is 1. The van der Waals surface area contributed by atoms with Gasteiger partial charge in [-0.3, -0.25) is 10.1 Å². The Morgan fingerprint density at radius 2 is 1.96 bits per heavy atom. The van der Waals surface area contributed by atoms with Crippen LogP contribution in [0.3, 0.4) is 0 Å².